The molecule has 1 fully saturated rings. The van der Waals surface area contributed by atoms with Crippen LogP contribution in [0.2, 0.25) is 0 Å². The summed E-state index contributed by atoms with van der Waals surface area (Å²) in [6, 6.07) is 7.65. The fraction of sp³-hybridized carbons (Fsp3) is 0.450. The summed E-state index contributed by atoms with van der Waals surface area (Å²) >= 11 is 0. The van der Waals surface area contributed by atoms with Crippen LogP contribution in [0.3, 0.4) is 0 Å². The molecular weight excluding hydrogens is 328 g/mol. The van der Waals surface area contributed by atoms with Crippen LogP contribution in [0.25, 0.3) is 5.69 Å². The molecule has 2 heterocycles. The Hall–Kier alpha value is -2.63. The Morgan fingerprint density at radius 2 is 1.85 bits per heavy atom. The first kappa shape index (κ1) is 18.2. The van der Waals surface area contributed by atoms with Crippen molar-refractivity contribution in [3.05, 3.63) is 42.0 Å². The maximum atomic E-state index is 12.5. The van der Waals surface area contributed by atoms with Crippen LogP contribution >= 0.6 is 0 Å². The molecule has 1 saturated heterocycles. The average molecular weight is 354 g/mol. The van der Waals surface area contributed by atoms with Crippen molar-refractivity contribution in [3.63, 3.8) is 0 Å². The van der Waals surface area contributed by atoms with Gasteiger partial charge < -0.3 is 14.8 Å². The molecule has 6 heteroatoms. The number of likely N-dealkylation sites (tertiary alicyclic amines) is 1. The number of hydrogen-bond donors (Lipinski definition) is 1. The molecule has 1 aromatic carbocycles. The van der Waals surface area contributed by atoms with Crippen molar-refractivity contribution in [1.29, 1.82) is 0 Å². The maximum absolute atomic E-state index is 12.5. The van der Waals surface area contributed by atoms with Crippen LogP contribution < -0.4 is 5.32 Å². The molecule has 138 valence electrons. The van der Waals surface area contributed by atoms with Gasteiger partial charge in [-0.2, -0.15) is 0 Å². The summed E-state index contributed by atoms with van der Waals surface area (Å²) in [4.78, 5) is 30.8. The third-order valence-corrected chi connectivity index (χ3v) is 4.97. The van der Waals surface area contributed by atoms with Gasteiger partial charge in [-0.15, -0.1) is 0 Å². The van der Waals surface area contributed by atoms with Crippen LogP contribution in [0.5, 0.6) is 0 Å². The van der Waals surface area contributed by atoms with Crippen LogP contribution in [-0.4, -0.2) is 38.3 Å². The number of carbonyl (C=O) groups excluding carboxylic acids is 2. The summed E-state index contributed by atoms with van der Waals surface area (Å²) in [6.45, 7) is 10.4. The van der Waals surface area contributed by atoms with Gasteiger partial charge in [0.15, 0.2) is 0 Å². The van der Waals surface area contributed by atoms with E-state index in [4.69, 9.17) is 0 Å². The lowest BCUT2D eigenvalue weighted by Crippen LogP contribution is -2.42. The van der Waals surface area contributed by atoms with E-state index in [-0.39, 0.29) is 29.7 Å². The van der Waals surface area contributed by atoms with Gasteiger partial charge >= 0.3 is 0 Å². The summed E-state index contributed by atoms with van der Waals surface area (Å²) in [5.41, 5.74) is 3.56. The van der Waals surface area contributed by atoms with Crippen LogP contribution in [-0.2, 0) is 9.59 Å². The number of anilines is 1. The van der Waals surface area contributed by atoms with Gasteiger partial charge in [0.05, 0.1) is 17.9 Å². The number of nitrogens with one attached hydrogen (secondary N) is 1. The third-order valence-electron chi connectivity index (χ3n) is 4.97. The number of nitrogens with zero attached hydrogens (tertiary/aromatic N) is 3. The number of rotatable bonds is 3. The van der Waals surface area contributed by atoms with Crippen molar-refractivity contribution in [1.82, 2.24) is 14.5 Å². The molecule has 2 aromatic rings. The molecule has 0 radical (unpaired) electrons. The van der Waals surface area contributed by atoms with Crippen LogP contribution in [0.4, 0.5) is 5.69 Å². The van der Waals surface area contributed by atoms with Gasteiger partial charge in [0.2, 0.25) is 11.8 Å². The molecule has 0 saturated carbocycles. The number of imidazole rings is 1. The van der Waals surface area contributed by atoms with Gasteiger partial charge in [-0.25, -0.2) is 4.98 Å². The number of benzene rings is 1. The molecule has 6 nitrogen and oxygen atoms in total. The predicted molar refractivity (Wildman–Crippen MR) is 101 cm³/mol. The summed E-state index contributed by atoms with van der Waals surface area (Å²) in [7, 11) is 0. The lowest BCUT2D eigenvalue weighted by Gasteiger charge is -2.31. The Bertz CT molecular complexity index is 830. The molecule has 2 amide bonds. The Balaban J connectivity index is 1.67. The molecule has 0 bridgehead atoms. The SMILES string of the molecule is Cc1ncn(-c2ccc(NC(=O)C3CC(=O)N(C(C)(C)C)C3)cc2)c1C. The molecule has 1 N–H and O–H groups in total. The first-order valence-corrected chi connectivity index (χ1v) is 8.89. The number of aromatic nitrogens is 2. The van der Waals surface area contributed by atoms with Crippen LogP contribution in [0.15, 0.2) is 30.6 Å². The largest absolute Gasteiger partial charge is 0.337 e. The van der Waals surface area contributed by atoms with Crippen LogP contribution in [0.1, 0.15) is 38.6 Å². The fourth-order valence-electron chi connectivity index (χ4n) is 3.24. The highest BCUT2D eigenvalue weighted by Crippen LogP contribution is 2.27. The van der Waals surface area contributed by atoms with E-state index in [1.165, 1.54) is 0 Å². The highest BCUT2D eigenvalue weighted by Gasteiger charge is 2.39. The second kappa shape index (κ2) is 6.59. The minimum atomic E-state index is -0.306. The van der Waals surface area contributed by atoms with E-state index >= 15 is 0 Å². The average Bonchev–Trinajstić information content (AvgIpc) is 3.12. The molecule has 0 spiro atoms. The van der Waals surface area contributed by atoms with E-state index < -0.39 is 0 Å². The Morgan fingerprint density at radius 1 is 1.19 bits per heavy atom. The van der Waals surface area contributed by atoms with E-state index in [0.717, 1.165) is 22.8 Å². The number of amides is 2. The molecule has 0 aliphatic carbocycles. The van der Waals surface area contributed by atoms with Crippen molar-refractivity contribution in [3.8, 4) is 5.69 Å². The fourth-order valence-corrected chi connectivity index (χ4v) is 3.24. The van der Waals surface area contributed by atoms with E-state index in [1.54, 1.807) is 11.2 Å². The summed E-state index contributed by atoms with van der Waals surface area (Å²) in [5.74, 6) is -0.369. The van der Waals surface area contributed by atoms with Gasteiger partial charge in [-0.3, -0.25) is 9.59 Å². The Labute approximate surface area is 154 Å². The van der Waals surface area contributed by atoms with Crippen molar-refractivity contribution in [2.24, 2.45) is 5.92 Å². The molecule has 1 aliphatic rings. The summed E-state index contributed by atoms with van der Waals surface area (Å²) in [6.07, 6.45) is 2.07. The second-order valence-corrected chi connectivity index (χ2v) is 7.90. The van der Waals surface area contributed by atoms with Crippen LogP contribution in [0, 0.1) is 19.8 Å². The zero-order valence-corrected chi connectivity index (χ0v) is 16.0. The minimum Gasteiger partial charge on any atom is -0.337 e. The topological polar surface area (TPSA) is 67.2 Å². The minimum absolute atomic E-state index is 0.0407. The van der Waals surface area contributed by atoms with E-state index in [9.17, 15) is 9.59 Å². The highest BCUT2D eigenvalue weighted by atomic mass is 16.2. The standard InChI is InChI=1S/C20H26N4O2/c1-13-14(2)23(12-21-13)17-8-6-16(7-9-17)22-19(26)15-10-18(25)24(11-15)20(3,4)5/h6-9,12,15H,10-11H2,1-5H3,(H,22,26). The van der Waals surface area contributed by atoms with Gasteiger partial charge in [0.25, 0.3) is 0 Å². The predicted octanol–water partition coefficient (Wildman–Crippen LogP) is 3.07. The van der Waals surface area contributed by atoms with E-state index in [2.05, 4.69) is 10.3 Å². The van der Waals surface area contributed by atoms with Gasteiger partial charge in [0, 0.05) is 35.6 Å². The first-order valence-electron chi connectivity index (χ1n) is 8.89. The lowest BCUT2D eigenvalue weighted by atomic mass is 10.1. The molecule has 26 heavy (non-hydrogen) atoms. The second-order valence-electron chi connectivity index (χ2n) is 7.90. The molecule has 1 atom stereocenters. The quantitative estimate of drug-likeness (QED) is 0.921. The number of hydrogen-bond acceptors (Lipinski definition) is 3. The normalized spacial score (nSPS) is 17.7. The number of carbonyl (C=O) groups is 2. The lowest BCUT2D eigenvalue weighted by molar-refractivity contribution is -0.131. The Morgan fingerprint density at radius 3 is 2.35 bits per heavy atom. The monoisotopic (exact) mass is 354 g/mol. The molecule has 1 aliphatic heterocycles. The highest BCUT2D eigenvalue weighted by molar-refractivity contribution is 5.97. The van der Waals surface area contributed by atoms with Gasteiger partial charge in [-0.1, -0.05) is 0 Å². The van der Waals surface area contributed by atoms with Crippen molar-refractivity contribution in [2.75, 3.05) is 11.9 Å². The smallest absolute Gasteiger partial charge is 0.229 e. The van der Waals surface area contributed by atoms with Crippen molar-refractivity contribution >= 4 is 17.5 Å². The summed E-state index contributed by atoms with van der Waals surface area (Å²) < 4.78 is 2.01. The molecule has 3 rings (SSSR count). The van der Waals surface area contributed by atoms with Crippen molar-refractivity contribution < 1.29 is 9.59 Å². The molecular formula is C20H26N4O2. The van der Waals surface area contributed by atoms with Crippen molar-refractivity contribution in [2.45, 2.75) is 46.6 Å². The maximum Gasteiger partial charge on any atom is 0.229 e. The zero-order valence-electron chi connectivity index (χ0n) is 16.0. The third kappa shape index (κ3) is 3.49. The van der Waals surface area contributed by atoms with Gasteiger partial charge in [0.1, 0.15) is 0 Å². The Kier molecular flexibility index (Phi) is 4.61. The first-order chi connectivity index (χ1) is 12.2. The summed E-state index contributed by atoms with van der Waals surface area (Å²) in [5, 5.41) is 2.93. The molecule has 1 aromatic heterocycles. The zero-order chi connectivity index (χ0) is 19.1. The van der Waals surface area contributed by atoms with Gasteiger partial charge in [-0.05, 0) is 58.9 Å². The van der Waals surface area contributed by atoms with E-state index in [0.29, 0.717) is 6.54 Å². The molecule has 1 unspecified atom stereocenters. The van der Waals surface area contributed by atoms with E-state index in [1.807, 2.05) is 63.5 Å². The number of aryl methyl sites for hydroxylation is 1.